The second-order valence-corrected chi connectivity index (χ2v) is 2.97. The molecule has 1 aromatic rings. The zero-order chi connectivity index (χ0) is 10.7. The molecule has 5 nitrogen and oxygen atoms in total. The maximum absolute atomic E-state index is 10.4. The highest BCUT2D eigenvalue weighted by atomic mass is 16.3. The van der Waals surface area contributed by atoms with Gasteiger partial charge < -0.3 is 21.1 Å². The number of carboxylic acid groups (broad SMARTS) is 1. The van der Waals surface area contributed by atoms with Crippen LogP contribution in [-0.2, 0) is 11.2 Å². The van der Waals surface area contributed by atoms with Gasteiger partial charge in [0.1, 0.15) is 6.04 Å². The van der Waals surface area contributed by atoms with Crippen molar-refractivity contribution in [1.29, 1.82) is 0 Å². The Labute approximate surface area is 80.4 Å². The third kappa shape index (κ3) is 2.37. The first kappa shape index (κ1) is 10.3. The van der Waals surface area contributed by atoms with Crippen LogP contribution in [0.5, 0.6) is 11.5 Å². The summed E-state index contributed by atoms with van der Waals surface area (Å²) in [6.45, 7) is 0. The predicted octanol–water partition coefficient (Wildman–Crippen LogP) is 0.0522. The summed E-state index contributed by atoms with van der Waals surface area (Å²) in [6, 6.07) is 3.09. The van der Waals surface area contributed by atoms with Crippen LogP contribution in [0.15, 0.2) is 18.2 Å². The van der Waals surface area contributed by atoms with Crippen LogP contribution >= 0.6 is 0 Å². The van der Waals surface area contributed by atoms with E-state index in [1.54, 1.807) is 0 Å². The third-order valence-corrected chi connectivity index (χ3v) is 1.81. The third-order valence-electron chi connectivity index (χ3n) is 1.81. The molecule has 0 heterocycles. The predicted molar refractivity (Wildman–Crippen MR) is 49.1 cm³/mol. The molecule has 1 atom stereocenters. The average Bonchev–Trinajstić information content (AvgIpc) is 2.11. The van der Waals surface area contributed by atoms with E-state index in [9.17, 15) is 4.79 Å². The number of aromatic hydroxyl groups is 2. The molecule has 0 aliphatic carbocycles. The van der Waals surface area contributed by atoms with Crippen LogP contribution in [-0.4, -0.2) is 27.3 Å². The Kier molecular flexibility index (Phi) is 2.93. The van der Waals surface area contributed by atoms with Crippen molar-refractivity contribution in [1.82, 2.24) is 0 Å². The van der Waals surface area contributed by atoms with Gasteiger partial charge in [0, 0.05) is 0 Å². The highest BCUT2D eigenvalue weighted by molar-refractivity contribution is 5.73. The number of carbonyl (C=O) groups is 1. The highest BCUT2D eigenvalue weighted by Gasteiger charge is 2.12. The molecule has 0 bridgehead atoms. The topological polar surface area (TPSA) is 104 Å². The molecule has 5 N–H and O–H groups in total. The molecule has 0 spiro atoms. The fraction of sp³-hybridized carbons (Fsp3) is 0.222. The summed E-state index contributed by atoms with van der Waals surface area (Å²) in [5.41, 5.74) is 5.86. The van der Waals surface area contributed by atoms with Crippen LogP contribution in [0.4, 0.5) is 0 Å². The first-order valence-corrected chi connectivity index (χ1v) is 4.00. The molecule has 0 aliphatic rings. The van der Waals surface area contributed by atoms with E-state index < -0.39 is 12.0 Å². The Morgan fingerprint density at radius 2 is 2.00 bits per heavy atom. The van der Waals surface area contributed by atoms with E-state index in [4.69, 9.17) is 21.1 Å². The summed E-state index contributed by atoms with van der Waals surface area (Å²) in [5.74, 6) is -1.62. The van der Waals surface area contributed by atoms with Gasteiger partial charge in [0.15, 0.2) is 11.5 Å². The Hall–Kier alpha value is -1.75. The summed E-state index contributed by atoms with van der Waals surface area (Å²) in [6.07, 6.45) is 0.114. The monoisotopic (exact) mass is 196 g/mol. The lowest BCUT2D eigenvalue weighted by Crippen LogP contribution is -2.32. The number of phenolic OH excluding ortho intramolecular Hbond substituents is 2. The zero-order valence-corrected chi connectivity index (χ0v) is 7.34. The van der Waals surface area contributed by atoms with E-state index in [1.807, 2.05) is 0 Å². The van der Waals surface area contributed by atoms with E-state index in [-0.39, 0.29) is 17.9 Å². The smallest absolute Gasteiger partial charge is 0.320 e. The fourth-order valence-electron chi connectivity index (χ4n) is 1.04. The van der Waals surface area contributed by atoms with Crippen molar-refractivity contribution in [2.75, 3.05) is 0 Å². The van der Waals surface area contributed by atoms with Gasteiger partial charge in [0.25, 0.3) is 0 Å². The van der Waals surface area contributed by atoms with Gasteiger partial charge in [0.05, 0.1) is 0 Å². The van der Waals surface area contributed by atoms with E-state index in [0.29, 0.717) is 5.56 Å². The van der Waals surface area contributed by atoms with Crippen LogP contribution in [0.3, 0.4) is 0 Å². The van der Waals surface area contributed by atoms with Crippen LogP contribution < -0.4 is 5.73 Å². The lowest BCUT2D eigenvalue weighted by molar-refractivity contribution is -0.138. The average molecular weight is 196 g/mol. The summed E-state index contributed by atoms with van der Waals surface area (Å²) in [7, 11) is 0. The molecule has 0 aromatic heterocycles. The Morgan fingerprint density at radius 1 is 1.36 bits per heavy atom. The van der Waals surface area contributed by atoms with Crippen LogP contribution in [0.25, 0.3) is 0 Å². The van der Waals surface area contributed by atoms with E-state index >= 15 is 0 Å². The Morgan fingerprint density at radius 3 is 2.50 bits per heavy atom. The number of rotatable bonds is 3. The summed E-state index contributed by atoms with van der Waals surface area (Å²) < 4.78 is 0. The molecule has 5 heteroatoms. The van der Waals surface area contributed by atoms with E-state index in [0.717, 1.165) is 0 Å². The van der Waals surface area contributed by atoms with E-state index in [1.165, 1.54) is 18.2 Å². The summed E-state index contributed by atoms with van der Waals surface area (Å²) in [5, 5.41) is 26.6. The minimum Gasteiger partial charge on any atom is -0.504 e. The molecule has 0 radical (unpaired) electrons. The molecular formula is C9H11NO4. The lowest BCUT2D eigenvalue weighted by atomic mass is 9.89. The molecular weight excluding hydrogens is 185 g/mol. The number of phenols is 2. The molecule has 1 aromatic carbocycles. The SMILES string of the molecule is NC(Cc1ccc(O)c(O)c1)[11C](=O)O. The lowest BCUT2D eigenvalue weighted by Gasteiger charge is -2.06. The van der Waals surface area contributed by atoms with Crippen LogP contribution in [0, 0.1) is 0 Å². The van der Waals surface area contributed by atoms with Crippen molar-refractivity contribution in [2.45, 2.75) is 12.5 Å². The fourth-order valence-corrected chi connectivity index (χ4v) is 1.04. The number of hydrogen-bond donors (Lipinski definition) is 4. The van der Waals surface area contributed by atoms with Gasteiger partial charge in [-0.1, -0.05) is 6.07 Å². The molecule has 0 aliphatic heterocycles. The van der Waals surface area contributed by atoms with Crippen molar-refractivity contribution in [2.24, 2.45) is 5.73 Å². The van der Waals surface area contributed by atoms with Gasteiger partial charge in [-0.2, -0.15) is 0 Å². The van der Waals surface area contributed by atoms with Crippen molar-refractivity contribution in [3.05, 3.63) is 23.8 Å². The van der Waals surface area contributed by atoms with Gasteiger partial charge in [0.2, 0.25) is 0 Å². The molecule has 76 valence electrons. The zero-order valence-electron chi connectivity index (χ0n) is 7.34. The van der Waals surface area contributed by atoms with Gasteiger partial charge in [-0.3, -0.25) is 4.79 Å². The standard InChI is InChI=1S/C9H11NO4/c10-6(9(13)14)3-5-1-2-7(11)8(12)4-5/h1-2,4,6,11-12H,3,10H2,(H,13,14)/i9-1. The molecule has 0 saturated carbocycles. The molecule has 0 saturated heterocycles. The second-order valence-electron chi connectivity index (χ2n) is 2.97. The molecule has 1 unspecified atom stereocenters. The van der Waals surface area contributed by atoms with Crippen molar-refractivity contribution in [3.8, 4) is 11.5 Å². The molecule has 1 rings (SSSR count). The second kappa shape index (κ2) is 3.97. The van der Waals surface area contributed by atoms with Gasteiger partial charge in [-0.05, 0) is 24.1 Å². The van der Waals surface area contributed by atoms with Gasteiger partial charge >= 0.3 is 5.97 Å². The van der Waals surface area contributed by atoms with Gasteiger partial charge in [-0.25, -0.2) is 0 Å². The first-order valence-electron chi connectivity index (χ1n) is 4.00. The minimum absolute atomic E-state index is 0.114. The van der Waals surface area contributed by atoms with E-state index in [2.05, 4.69) is 0 Å². The van der Waals surface area contributed by atoms with Gasteiger partial charge in [-0.15, -0.1) is 0 Å². The number of aliphatic carboxylic acids is 1. The summed E-state index contributed by atoms with van der Waals surface area (Å²) >= 11 is 0. The number of benzene rings is 1. The molecule has 14 heavy (non-hydrogen) atoms. The van der Waals surface area contributed by atoms with Crippen molar-refractivity contribution < 1.29 is 20.1 Å². The quantitative estimate of drug-likeness (QED) is 0.511. The van der Waals surface area contributed by atoms with Crippen LogP contribution in [0.1, 0.15) is 5.56 Å². The normalized spacial score (nSPS) is 12.4. The maximum Gasteiger partial charge on any atom is 0.320 e. The number of carboxylic acids is 1. The first-order chi connectivity index (χ1) is 6.50. The number of nitrogens with two attached hydrogens (primary N) is 1. The summed E-state index contributed by atoms with van der Waals surface area (Å²) in [4.78, 5) is 10.4. The minimum atomic E-state index is -1.10. The van der Waals surface area contributed by atoms with Crippen LogP contribution in [0.2, 0.25) is 0 Å². The van der Waals surface area contributed by atoms with Crippen molar-refractivity contribution >= 4 is 5.97 Å². The largest absolute Gasteiger partial charge is 0.504 e. The Balaban J connectivity index is 2.78. The number of hydrogen-bond acceptors (Lipinski definition) is 4. The molecule has 0 fully saturated rings. The molecule has 0 amide bonds. The highest BCUT2D eigenvalue weighted by Crippen LogP contribution is 2.25. The maximum atomic E-state index is 10.4. The Bertz CT molecular complexity index is 351. The van der Waals surface area contributed by atoms with Crippen molar-refractivity contribution in [3.63, 3.8) is 0 Å².